The summed E-state index contributed by atoms with van der Waals surface area (Å²) in [4.78, 5) is 25.7. The number of nitrogens with one attached hydrogen (secondary N) is 2. The van der Waals surface area contributed by atoms with Crippen molar-refractivity contribution >= 4 is 17.5 Å². The van der Waals surface area contributed by atoms with E-state index in [1.807, 2.05) is 0 Å². The van der Waals surface area contributed by atoms with Crippen LogP contribution in [0.15, 0.2) is 18.2 Å². The monoisotopic (exact) mass is 319 g/mol. The average Bonchev–Trinajstić information content (AvgIpc) is 3.22. The lowest BCUT2D eigenvalue weighted by atomic mass is 9.92. The van der Waals surface area contributed by atoms with Gasteiger partial charge < -0.3 is 15.5 Å². The first-order chi connectivity index (χ1) is 10.9. The first kappa shape index (κ1) is 15.9. The molecule has 0 aromatic heterocycles. The van der Waals surface area contributed by atoms with E-state index in [9.17, 15) is 14.0 Å². The first-order valence-corrected chi connectivity index (χ1v) is 7.96. The van der Waals surface area contributed by atoms with Crippen molar-refractivity contribution < 1.29 is 14.0 Å². The molecule has 2 fully saturated rings. The van der Waals surface area contributed by atoms with Crippen molar-refractivity contribution in [3.63, 3.8) is 0 Å². The van der Waals surface area contributed by atoms with Gasteiger partial charge in [-0.1, -0.05) is 0 Å². The summed E-state index contributed by atoms with van der Waals surface area (Å²) in [5.74, 6) is -0.993. The van der Waals surface area contributed by atoms with E-state index >= 15 is 0 Å². The standard InChI is InChI=1S/C17H22FN3O2/c1-21(2)16(23)12-9-11(3-4-14(12)18)20-15(22)13-10-17(13)5-7-19-8-6-17/h3-4,9,13,19H,5-8,10H2,1-2H3,(H,20,22). The summed E-state index contributed by atoms with van der Waals surface area (Å²) in [5.41, 5.74) is 0.593. The Morgan fingerprint density at radius 1 is 1.30 bits per heavy atom. The number of carbonyl (C=O) groups excluding carboxylic acids is 2. The van der Waals surface area contributed by atoms with Gasteiger partial charge >= 0.3 is 0 Å². The molecule has 1 aliphatic carbocycles. The van der Waals surface area contributed by atoms with Gasteiger partial charge in [0.2, 0.25) is 5.91 Å². The number of hydrogen-bond donors (Lipinski definition) is 2. The molecule has 23 heavy (non-hydrogen) atoms. The van der Waals surface area contributed by atoms with Gasteiger partial charge in [0.25, 0.3) is 5.91 Å². The Labute approximate surface area is 135 Å². The van der Waals surface area contributed by atoms with E-state index in [2.05, 4.69) is 10.6 Å². The Morgan fingerprint density at radius 3 is 2.65 bits per heavy atom. The van der Waals surface area contributed by atoms with E-state index in [4.69, 9.17) is 0 Å². The van der Waals surface area contributed by atoms with Gasteiger partial charge in [0.05, 0.1) is 5.56 Å². The number of hydrogen-bond acceptors (Lipinski definition) is 3. The Bertz CT molecular complexity index is 639. The largest absolute Gasteiger partial charge is 0.345 e. The molecule has 1 saturated heterocycles. The van der Waals surface area contributed by atoms with Gasteiger partial charge in [0.1, 0.15) is 5.82 Å². The number of nitrogens with zero attached hydrogens (tertiary/aromatic N) is 1. The zero-order valence-electron chi connectivity index (χ0n) is 13.5. The molecule has 1 aromatic rings. The van der Waals surface area contributed by atoms with E-state index in [0.29, 0.717) is 5.69 Å². The van der Waals surface area contributed by atoms with Crippen LogP contribution in [-0.2, 0) is 4.79 Å². The van der Waals surface area contributed by atoms with Gasteiger partial charge in [-0.05, 0) is 56.0 Å². The zero-order valence-corrected chi connectivity index (χ0v) is 13.5. The Morgan fingerprint density at radius 2 is 2.00 bits per heavy atom. The predicted molar refractivity (Wildman–Crippen MR) is 85.7 cm³/mol. The molecule has 1 aliphatic heterocycles. The lowest BCUT2D eigenvalue weighted by molar-refractivity contribution is -0.118. The molecule has 1 atom stereocenters. The Kier molecular flexibility index (Phi) is 4.10. The van der Waals surface area contributed by atoms with E-state index in [1.54, 1.807) is 14.1 Å². The fraction of sp³-hybridized carbons (Fsp3) is 0.529. The fourth-order valence-electron chi connectivity index (χ4n) is 3.43. The minimum absolute atomic E-state index is 0.0261. The number of rotatable bonds is 3. The highest BCUT2D eigenvalue weighted by Crippen LogP contribution is 2.58. The highest BCUT2D eigenvalue weighted by atomic mass is 19.1. The second kappa shape index (κ2) is 5.92. The highest BCUT2D eigenvalue weighted by Gasteiger charge is 2.57. The van der Waals surface area contributed by atoms with Gasteiger partial charge in [-0.3, -0.25) is 9.59 Å². The van der Waals surface area contributed by atoms with Crippen LogP contribution in [0.3, 0.4) is 0 Å². The minimum atomic E-state index is -0.581. The van der Waals surface area contributed by atoms with Crippen LogP contribution >= 0.6 is 0 Å². The van der Waals surface area contributed by atoms with Gasteiger partial charge in [-0.25, -0.2) is 4.39 Å². The van der Waals surface area contributed by atoms with E-state index in [1.165, 1.54) is 23.1 Å². The molecule has 0 bridgehead atoms. The number of carbonyl (C=O) groups is 2. The molecule has 124 valence electrons. The smallest absolute Gasteiger partial charge is 0.256 e. The molecule has 1 saturated carbocycles. The molecule has 2 amide bonds. The van der Waals surface area contributed by atoms with Crippen LogP contribution in [0.4, 0.5) is 10.1 Å². The third-order valence-corrected chi connectivity index (χ3v) is 4.98. The van der Waals surface area contributed by atoms with Gasteiger partial charge in [0, 0.05) is 25.7 Å². The van der Waals surface area contributed by atoms with Gasteiger partial charge in [-0.15, -0.1) is 0 Å². The van der Waals surface area contributed by atoms with Crippen molar-refractivity contribution in [1.82, 2.24) is 10.2 Å². The number of amides is 2. The third kappa shape index (κ3) is 3.08. The molecule has 1 aromatic carbocycles. The van der Waals surface area contributed by atoms with Crippen molar-refractivity contribution in [2.75, 3.05) is 32.5 Å². The molecular weight excluding hydrogens is 297 g/mol. The van der Waals surface area contributed by atoms with Crippen molar-refractivity contribution in [2.45, 2.75) is 19.3 Å². The van der Waals surface area contributed by atoms with Crippen molar-refractivity contribution in [2.24, 2.45) is 11.3 Å². The minimum Gasteiger partial charge on any atom is -0.345 e. The number of halogens is 1. The Hall–Kier alpha value is -1.95. The maximum Gasteiger partial charge on any atom is 0.256 e. The van der Waals surface area contributed by atoms with Crippen LogP contribution in [0.2, 0.25) is 0 Å². The molecular formula is C17H22FN3O2. The average molecular weight is 319 g/mol. The SMILES string of the molecule is CN(C)C(=O)c1cc(NC(=O)C2CC23CCNCC3)ccc1F. The second-order valence-corrected chi connectivity index (χ2v) is 6.75. The Balaban J connectivity index is 1.70. The van der Waals surface area contributed by atoms with Crippen LogP contribution in [0, 0.1) is 17.2 Å². The second-order valence-electron chi connectivity index (χ2n) is 6.75. The van der Waals surface area contributed by atoms with Crippen LogP contribution in [0.5, 0.6) is 0 Å². The zero-order chi connectivity index (χ0) is 16.6. The summed E-state index contributed by atoms with van der Waals surface area (Å²) in [6, 6.07) is 4.13. The summed E-state index contributed by atoms with van der Waals surface area (Å²) >= 11 is 0. The van der Waals surface area contributed by atoms with Crippen molar-refractivity contribution in [3.8, 4) is 0 Å². The molecule has 6 heteroatoms. The molecule has 2 N–H and O–H groups in total. The quantitative estimate of drug-likeness (QED) is 0.894. The lowest BCUT2D eigenvalue weighted by Gasteiger charge is -2.23. The van der Waals surface area contributed by atoms with E-state index in [0.717, 1.165) is 32.4 Å². The number of benzene rings is 1. The molecule has 1 unspecified atom stereocenters. The fourth-order valence-corrected chi connectivity index (χ4v) is 3.43. The summed E-state index contributed by atoms with van der Waals surface area (Å²) in [7, 11) is 3.14. The van der Waals surface area contributed by atoms with Crippen molar-refractivity contribution in [3.05, 3.63) is 29.6 Å². The first-order valence-electron chi connectivity index (χ1n) is 7.96. The van der Waals surface area contributed by atoms with Crippen LogP contribution in [0.25, 0.3) is 0 Å². The third-order valence-electron chi connectivity index (χ3n) is 4.98. The van der Waals surface area contributed by atoms with Crippen LogP contribution in [0.1, 0.15) is 29.6 Å². The lowest BCUT2D eigenvalue weighted by Crippen LogP contribution is -2.31. The molecule has 2 aliphatic rings. The normalized spacial score (nSPS) is 21.8. The predicted octanol–water partition coefficient (Wildman–Crippen LogP) is 1.86. The van der Waals surface area contributed by atoms with Gasteiger partial charge in [0.15, 0.2) is 0 Å². The number of anilines is 1. The summed E-state index contributed by atoms with van der Waals surface area (Å²) in [6.45, 7) is 1.92. The molecule has 3 rings (SSSR count). The van der Waals surface area contributed by atoms with Gasteiger partial charge in [-0.2, -0.15) is 0 Å². The number of piperidine rings is 1. The molecule has 0 radical (unpaired) electrons. The topological polar surface area (TPSA) is 61.4 Å². The maximum atomic E-state index is 13.8. The highest BCUT2D eigenvalue weighted by molar-refractivity contribution is 5.98. The van der Waals surface area contributed by atoms with Crippen LogP contribution in [-0.4, -0.2) is 43.9 Å². The van der Waals surface area contributed by atoms with E-state index in [-0.39, 0.29) is 22.8 Å². The molecule has 1 spiro atoms. The van der Waals surface area contributed by atoms with E-state index < -0.39 is 11.7 Å². The molecule has 1 heterocycles. The summed E-state index contributed by atoms with van der Waals surface area (Å²) < 4.78 is 13.8. The maximum absolute atomic E-state index is 13.8. The molecule has 5 nitrogen and oxygen atoms in total. The van der Waals surface area contributed by atoms with Crippen LogP contribution < -0.4 is 10.6 Å². The van der Waals surface area contributed by atoms with Crippen molar-refractivity contribution in [1.29, 1.82) is 0 Å². The summed E-state index contributed by atoms with van der Waals surface area (Å²) in [5, 5.41) is 6.15. The summed E-state index contributed by atoms with van der Waals surface area (Å²) in [6.07, 6.45) is 2.98.